The number of hydrogen-bond acceptors (Lipinski definition) is 3. The number of benzene rings is 1. The molecular formula is C15H23NO2. The van der Waals surface area contributed by atoms with Crippen molar-refractivity contribution >= 4 is 0 Å². The molecule has 100 valence electrons. The normalized spacial score (nSPS) is 23.0. The standard InChI is InChI=1S/C15H23NO2/c1-11-6-12(2)8-14(7-11)15(17)10-16-4-5-18-13(3)9-16/h6-8,13,15,17H,4-5,9-10H2,1-3H3. The van der Waals surface area contributed by atoms with Gasteiger partial charge in [0.2, 0.25) is 0 Å². The predicted molar refractivity (Wildman–Crippen MR) is 72.7 cm³/mol. The molecule has 0 saturated carbocycles. The summed E-state index contributed by atoms with van der Waals surface area (Å²) >= 11 is 0. The molecule has 1 N–H and O–H groups in total. The van der Waals surface area contributed by atoms with Gasteiger partial charge in [0.25, 0.3) is 0 Å². The monoisotopic (exact) mass is 249 g/mol. The van der Waals surface area contributed by atoms with E-state index in [1.54, 1.807) is 0 Å². The van der Waals surface area contributed by atoms with Crippen LogP contribution in [0, 0.1) is 13.8 Å². The fourth-order valence-electron chi connectivity index (χ4n) is 2.61. The first-order chi connectivity index (χ1) is 8.54. The van der Waals surface area contributed by atoms with E-state index in [0.717, 1.165) is 25.3 Å². The molecule has 3 nitrogen and oxygen atoms in total. The highest BCUT2D eigenvalue weighted by Gasteiger charge is 2.20. The van der Waals surface area contributed by atoms with E-state index in [4.69, 9.17) is 4.74 Å². The fourth-order valence-corrected chi connectivity index (χ4v) is 2.61. The molecule has 1 aromatic carbocycles. The van der Waals surface area contributed by atoms with E-state index >= 15 is 0 Å². The van der Waals surface area contributed by atoms with Gasteiger partial charge in [0.05, 0.1) is 18.8 Å². The second-order valence-electron chi connectivity index (χ2n) is 5.38. The Balaban J connectivity index is 2.00. The zero-order valence-electron chi connectivity index (χ0n) is 11.5. The second kappa shape index (κ2) is 5.83. The molecule has 1 heterocycles. The molecule has 2 unspecified atom stereocenters. The Hall–Kier alpha value is -0.900. The smallest absolute Gasteiger partial charge is 0.0917 e. The lowest BCUT2D eigenvalue weighted by atomic mass is 10.0. The third-order valence-corrected chi connectivity index (χ3v) is 3.39. The van der Waals surface area contributed by atoms with Crippen LogP contribution in [0.3, 0.4) is 0 Å². The van der Waals surface area contributed by atoms with Crippen LogP contribution >= 0.6 is 0 Å². The van der Waals surface area contributed by atoms with Gasteiger partial charge in [-0.2, -0.15) is 0 Å². The van der Waals surface area contributed by atoms with Gasteiger partial charge < -0.3 is 9.84 Å². The van der Waals surface area contributed by atoms with Crippen molar-refractivity contribution in [3.05, 3.63) is 34.9 Å². The van der Waals surface area contributed by atoms with Crippen LogP contribution in [0.2, 0.25) is 0 Å². The van der Waals surface area contributed by atoms with Crippen molar-refractivity contribution in [1.82, 2.24) is 4.90 Å². The number of morpholine rings is 1. The predicted octanol–water partition coefficient (Wildman–Crippen LogP) is 2.06. The lowest BCUT2D eigenvalue weighted by Gasteiger charge is -2.32. The molecule has 1 fully saturated rings. The van der Waals surface area contributed by atoms with Crippen LogP contribution < -0.4 is 0 Å². The Morgan fingerprint density at radius 1 is 1.33 bits per heavy atom. The summed E-state index contributed by atoms with van der Waals surface area (Å²) < 4.78 is 5.51. The minimum Gasteiger partial charge on any atom is -0.387 e. The van der Waals surface area contributed by atoms with Crippen LogP contribution in [0.4, 0.5) is 0 Å². The lowest BCUT2D eigenvalue weighted by molar-refractivity contribution is -0.0319. The average Bonchev–Trinajstić information content (AvgIpc) is 2.27. The van der Waals surface area contributed by atoms with Crippen LogP contribution in [0.25, 0.3) is 0 Å². The Kier molecular flexibility index (Phi) is 4.38. The third-order valence-electron chi connectivity index (χ3n) is 3.39. The van der Waals surface area contributed by atoms with Crippen molar-refractivity contribution in [3.8, 4) is 0 Å². The SMILES string of the molecule is Cc1cc(C)cc(C(O)CN2CCOC(C)C2)c1. The van der Waals surface area contributed by atoms with Gasteiger partial charge in [-0.05, 0) is 26.3 Å². The topological polar surface area (TPSA) is 32.7 Å². The number of nitrogens with zero attached hydrogens (tertiary/aromatic N) is 1. The third kappa shape index (κ3) is 3.55. The van der Waals surface area contributed by atoms with E-state index in [0.29, 0.717) is 6.54 Å². The molecule has 1 aliphatic heterocycles. The quantitative estimate of drug-likeness (QED) is 0.890. The molecule has 0 amide bonds. The minimum atomic E-state index is -0.408. The Labute approximate surface area is 109 Å². The van der Waals surface area contributed by atoms with Gasteiger partial charge >= 0.3 is 0 Å². The molecule has 2 atom stereocenters. The van der Waals surface area contributed by atoms with Crippen LogP contribution in [0.1, 0.15) is 29.7 Å². The van der Waals surface area contributed by atoms with E-state index in [1.165, 1.54) is 11.1 Å². The Morgan fingerprint density at radius 3 is 2.61 bits per heavy atom. The minimum absolute atomic E-state index is 0.269. The zero-order chi connectivity index (χ0) is 13.1. The van der Waals surface area contributed by atoms with Crippen LogP contribution in [-0.2, 0) is 4.74 Å². The molecule has 18 heavy (non-hydrogen) atoms. The first-order valence-corrected chi connectivity index (χ1v) is 6.65. The lowest BCUT2D eigenvalue weighted by Crippen LogP contribution is -2.42. The number of aliphatic hydroxyl groups excluding tert-OH is 1. The van der Waals surface area contributed by atoms with E-state index in [9.17, 15) is 5.11 Å². The van der Waals surface area contributed by atoms with Crippen LogP contribution in [0.5, 0.6) is 0 Å². The molecule has 1 aromatic rings. The van der Waals surface area contributed by atoms with Crippen LogP contribution in [0.15, 0.2) is 18.2 Å². The largest absolute Gasteiger partial charge is 0.387 e. The summed E-state index contributed by atoms with van der Waals surface area (Å²) in [6.07, 6.45) is -0.140. The maximum Gasteiger partial charge on any atom is 0.0917 e. The highest BCUT2D eigenvalue weighted by atomic mass is 16.5. The number of aliphatic hydroxyl groups is 1. The molecule has 0 spiro atoms. The zero-order valence-corrected chi connectivity index (χ0v) is 11.5. The highest BCUT2D eigenvalue weighted by molar-refractivity contribution is 5.30. The van der Waals surface area contributed by atoms with Gasteiger partial charge in [-0.25, -0.2) is 0 Å². The average molecular weight is 249 g/mol. The van der Waals surface area contributed by atoms with Crippen LogP contribution in [-0.4, -0.2) is 42.4 Å². The molecule has 0 aromatic heterocycles. The summed E-state index contributed by atoms with van der Waals surface area (Å²) in [7, 11) is 0. The second-order valence-corrected chi connectivity index (χ2v) is 5.38. The Morgan fingerprint density at radius 2 is 2.00 bits per heavy atom. The van der Waals surface area contributed by atoms with E-state index in [2.05, 4.69) is 43.9 Å². The molecule has 1 aliphatic rings. The molecule has 0 radical (unpaired) electrons. The first kappa shape index (κ1) is 13.5. The molecule has 0 bridgehead atoms. The van der Waals surface area contributed by atoms with Gasteiger partial charge in [0.1, 0.15) is 0 Å². The molecule has 2 rings (SSSR count). The summed E-state index contributed by atoms with van der Waals surface area (Å²) in [6.45, 7) is 9.49. The van der Waals surface area contributed by atoms with Crippen molar-refractivity contribution in [2.24, 2.45) is 0 Å². The van der Waals surface area contributed by atoms with Crippen molar-refractivity contribution in [2.45, 2.75) is 33.0 Å². The highest BCUT2D eigenvalue weighted by Crippen LogP contribution is 2.19. The number of aryl methyl sites for hydroxylation is 2. The number of hydrogen-bond donors (Lipinski definition) is 1. The summed E-state index contributed by atoms with van der Waals surface area (Å²) in [4.78, 5) is 2.27. The van der Waals surface area contributed by atoms with E-state index < -0.39 is 6.10 Å². The van der Waals surface area contributed by atoms with Gasteiger partial charge in [0.15, 0.2) is 0 Å². The fraction of sp³-hybridized carbons (Fsp3) is 0.600. The summed E-state index contributed by atoms with van der Waals surface area (Å²) in [5.74, 6) is 0. The van der Waals surface area contributed by atoms with Gasteiger partial charge in [0, 0.05) is 19.6 Å². The van der Waals surface area contributed by atoms with E-state index in [1.807, 2.05) is 0 Å². The Bertz CT molecular complexity index is 385. The number of β-amino-alcohol motifs (C(OH)–C–C–N with tert-alkyl or cyclic N) is 1. The molecule has 0 aliphatic carbocycles. The molecule has 3 heteroatoms. The van der Waals surface area contributed by atoms with Gasteiger partial charge in [-0.1, -0.05) is 29.3 Å². The summed E-state index contributed by atoms with van der Waals surface area (Å²) in [5.41, 5.74) is 3.44. The number of ether oxygens (including phenoxy) is 1. The first-order valence-electron chi connectivity index (χ1n) is 6.65. The van der Waals surface area contributed by atoms with Crippen molar-refractivity contribution in [3.63, 3.8) is 0 Å². The molecule has 1 saturated heterocycles. The van der Waals surface area contributed by atoms with Crippen molar-refractivity contribution in [2.75, 3.05) is 26.2 Å². The van der Waals surface area contributed by atoms with Gasteiger partial charge in [-0.15, -0.1) is 0 Å². The number of rotatable bonds is 3. The summed E-state index contributed by atoms with van der Waals surface area (Å²) in [5, 5.41) is 10.3. The molecular weight excluding hydrogens is 226 g/mol. The maximum absolute atomic E-state index is 10.3. The maximum atomic E-state index is 10.3. The van der Waals surface area contributed by atoms with Gasteiger partial charge in [-0.3, -0.25) is 4.90 Å². The van der Waals surface area contributed by atoms with Crippen molar-refractivity contribution in [1.29, 1.82) is 0 Å². The summed E-state index contributed by atoms with van der Waals surface area (Å²) in [6, 6.07) is 6.27. The van der Waals surface area contributed by atoms with Crippen molar-refractivity contribution < 1.29 is 9.84 Å². The van der Waals surface area contributed by atoms with E-state index in [-0.39, 0.29) is 6.10 Å².